The number of aromatic nitrogens is 2. The van der Waals surface area contributed by atoms with Crippen LogP contribution in [0.3, 0.4) is 0 Å². The van der Waals surface area contributed by atoms with Gasteiger partial charge in [-0.1, -0.05) is 39.3 Å². The highest BCUT2D eigenvalue weighted by Gasteiger charge is 2.07. The van der Waals surface area contributed by atoms with E-state index in [0.717, 1.165) is 30.3 Å². The van der Waals surface area contributed by atoms with Gasteiger partial charge in [0.25, 0.3) is 0 Å². The van der Waals surface area contributed by atoms with E-state index in [9.17, 15) is 0 Å². The van der Waals surface area contributed by atoms with E-state index in [-0.39, 0.29) is 0 Å². The average molecular weight is 271 g/mol. The smallest absolute Gasteiger partial charge is 0.207 e. The van der Waals surface area contributed by atoms with E-state index in [1.165, 1.54) is 12.0 Å². The predicted octanol–water partition coefficient (Wildman–Crippen LogP) is 4.20. The zero-order valence-electron chi connectivity index (χ0n) is 13.0. The molecule has 3 heteroatoms. The summed E-state index contributed by atoms with van der Waals surface area (Å²) in [6.45, 7) is 9.58. The summed E-state index contributed by atoms with van der Waals surface area (Å²) in [5, 5.41) is 3.42. The van der Waals surface area contributed by atoms with Gasteiger partial charge in [-0.2, -0.15) is 0 Å². The Morgan fingerprint density at radius 3 is 2.50 bits per heavy atom. The van der Waals surface area contributed by atoms with Crippen LogP contribution in [0.15, 0.2) is 30.5 Å². The predicted molar refractivity (Wildman–Crippen MR) is 85.6 cm³/mol. The molecule has 1 heterocycles. The quantitative estimate of drug-likeness (QED) is 0.853. The summed E-state index contributed by atoms with van der Waals surface area (Å²) in [6, 6.07) is 8.76. The first kappa shape index (κ1) is 14.6. The van der Waals surface area contributed by atoms with Gasteiger partial charge in [0, 0.05) is 18.4 Å². The van der Waals surface area contributed by atoms with Crippen molar-refractivity contribution in [2.45, 2.75) is 40.5 Å². The Morgan fingerprint density at radius 2 is 1.90 bits per heavy atom. The van der Waals surface area contributed by atoms with Crippen molar-refractivity contribution < 1.29 is 0 Å². The van der Waals surface area contributed by atoms with Gasteiger partial charge in [-0.05, 0) is 37.0 Å². The van der Waals surface area contributed by atoms with Crippen molar-refractivity contribution in [3.63, 3.8) is 0 Å². The normalized spacial score (nSPS) is 11.1. The summed E-state index contributed by atoms with van der Waals surface area (Å²) >= 11 is 0. The number of imidazole rings is 1. The van der Waals surface area contributed by atoms with Gasteiger partial charge in [-0.3, -0.25) is 4.57 Å². The molecule has 0 aliphatic carbocycles. The van der Waals surface area contributed by atoms with Crippen LogP contribution < -0.4 is 5.32 Å². The van der Waals surface area contributed by atoms with Crippen molar-refractivity contribution in [1.29, 1.82) is 0 Å². The Kier molecular flexibility index (Phi) is 4.83. The van der Waals surface area contributed by atoms with E-state index in [0.29, 0.717) is 5.92 Å². The van der Waals surface area contributed by atoms with Crippen molar-refractivity contribution in [1.82, 2.24) is 9.55 Å². The van der Waals surface area contributed by atoms with Crippen molar-refractivity contribution in [3.8, 4) is 5.69 Å². The Labute approximate surface area is 122 Å². The van der Waals surface area contributed by atoms with E-state index >= 15 is 0 Å². The fraction of sp³-hybridized carbons (Fsp3) is 0.471. The Morgan fingerprint density at radius 1 is 1.20 bits per heavy atom. The third-order valence-electron chi connectivity index (χ3n) is 3.25. The molecular weight excluding hydrogens is 246 g/mol. The molecule has 0 atom stereocenters. The second-order valence-corrected chi connectivity index (χ2v) is 5.77. The van der Waals surface area contributed by atoms with E-state index in [1.807, 2.05) is 6.92 Å². The van der Waals surface area contributed by atoms with Crippen LogP contribution in [0, 0.1) is 12.8 Å². The number of benzene rings is 1. The maximum Gasteiger partial charge on any atom is 0.207 e. The van der Waals surface area contributed by atoms with Crippen molar-refractivity contribution in [2.24, 2.45) is 5.92 Å². The van der Waals surface area contributed by atoms with Crippen LogP contribution in [0.1, 0.15) is 38.4 Å². The van der Waals surface area contributed by atoms with Gasteiger partial charge in [0.1, 0.15) is 0 Å². The Hall–Kier alpha value is -1.77. The first-order valence-corrected chi connectivity index (χ1v) is 7.49. The van der Waals surface area contributed by atoms with Crippen LogP contribution in [0.25, 0.3) is 5.69 Å². The van der Waals surface area contributed by atoms with Gasteiger partial charge in [-0.15, -0.1) is 0 Å². The van der Waals surface area contributed by atoms with Crippen LogP contribution in [-0.4, -0.2) is 16.1 Å². The number of nitrogens with one attached hydrogen (secondary N) is 1. The van der Waals surface area contributed by atoms with E-state index in [4.69, 9.17) is 0 Å². The van der Waals surface area contributed by atoms with Crippen LogP contribution >= 0.6 is 0 Å². The molecule has 0 radical (unpaired) electrons. The molecule has 1 aromatic heterocycles. The summed E-state index contributed by atoms with van der Waals surface area (Å²) in [5.41, 5.74) is 3.59. The lowest BCUT2D eigenvalue weighted by atomic mass is 10.1. The number of aryl methyl sites for hydroxylation is 2. The summed E-state index contributed by atoms with van der Waals surface area (Å²) in [4.78, 5) is 4.57. The first-order valence-electron chi connectivity index (χ1n) is 7.49. The number of hydrogen-bond acceptors (Lipinski definition) is 2. The second kappa shape index (κ2) is 6.60. The number of anilines is 1. The van der Waals surface area contributed by atoms with Crippen LogP contribution in [-0.2, 0) is 6.42 Å². The Balaban J connectivity index is 2.22. The largest absolute Gasteiger partial charge is 0.355 e. The van der Waals surface area contributed by atoms with Crippen LogP contribution in [0.4, 0.5) is 5.95 Å². The maximum absolute atomic E-state index is 4.57. The average Bonchev–Trinajstić information content (AvgIpc) is 2.79. The molecule has 1 N–H and O–H groups in total. The number of rotatable bonds is 6. The second-order valence-electron chi connectivity index (χ2n) is 5.77. The number of hydrogen-bond donors (Lipinski definition) is 1. The standard InChI is InChI=1S/C17H25N3/c1-5-6-15-7-9-16(10-8-15)20-12-14(4)19-17(20)18-11-13(2)3/h7-10,12-13H,5-6,11H2,1-4H3,(H,18,19). The lowest BCUT2D eigenvalue weighted by Crippen LogP contribution is -2.12. The van der Waals surface area contributed by atoms with Gasteiger partial charge < -0.3 is 5.32 Å². The molecule has 3 nitrogen and oxygen atoms in total. The maximum atomic E-state index is 4.57. The summed E-state index contributed by atoms with van der Waals surface area (Å²) in [7, 11) is 0. The molecule has 0 bridgehead atoms. The summed E-state index contributed by atoms with van der Waals surface area (Å²) in [5.74, 6) is 1.53. The highest BCUT2D eigenvalue weighted by atomic mass is 15.2. The highest BCUT2D eigenvalue weighted by Crippen LogP contribution is 2.18. The molecular formula is C17H25N3. The minimum atomic E-state index is 0.604. The molecule has 0 aliphatic rings. The van der Waals surface area contributed by atoms with Crippen molar-refractivity contribution in [2.75, 3.05) is 11.9 Å². The molecule has 0 fully saturated rings. The molecule has 108 valence electrons. The minimum Gasteiger partial charge on any atom is -0.355 e. The zero-order valence-corrected chi connectivity index (χ0v) is 13.0. The summed E-state index contributed by atoms with van der Waals surface area (Å²) in [6.07, 6.45) is 4.41. The Bertz CT molecular complexity index is 538. The van der Waals surface area contributed by atoms with Crippen molar-refractivity contribution in [3.05, 3.63) is 41.7 Å². The topological polar surface area (TPSA) is 29.9 Å². The van der Waals surface area contributed by atoms with Crippen molar-refractivity contribution >= 4 is 5.95 Å². The van der Waals surface area contributed by atoms with Gasteiger partial charge in [-0.25, -0.2) is 4.98 Å². The van der Waals surface area contributed by atoms with Crippen LogP contribution in [0.2, 0.25) is 0 Å². The van der Waals surface area contributed by atoms with Gasteiger partial charge in [0.2, 0.25) is 5.95 Å². The minimum absolute atomic E-state index is 0.604. The zero-order chi connectivity index (χ0) is 14.5. The summed E-state index contributed by atoms with van der Waals surface area (Å²) < 4.78 is 2.13. The molecule has 0 aliphatic heterocycles. The molecule has 20 heavy (non-hydrogen) atoms. The fourth-order valence-electron chi connectivity index (χ4n) is 2.23. The molecule has 0 saturated carbocycles. The third kappa shape index (κ3) is 3.62. The first-order chi connectivity index (χ1) is 9.60. The molecule has 2 aromatic rings. The van der Waals surface area contributed by atoms with E-state index < -0.39 is 0 Å². The monoisotopic (exact) mass is 271 g/mol. The molecule has 0 amide bonds. The molecule has 2 rings (SSSR count). The fourth-order valence-corrected chi connectivity index (χ4v) is 2.23. The lowest BCUT2D eigenvalue weighted by molar-refractivity contribution is 0.683. The van der Waals surface area contributed by atoms with E-state index in [1.54, 1.807) is 0 Å². The number of nitrogens with zero attached hydrogens (tertiary/aromatic N) is 2. The van der Waals surface area contributed by atoms with Crippen LogP contribution in [0.5, 0.6) is 0 Å². The SMILES string of the molecule is CCCc1ccc(-n2cc(C)nc2NCC(C)C)cc1. The third-order valence-corrected chi connectivity index (χ3v) is 3.25. The molecule has 0 unspecified atom stereocenters. The van der Waals surface area contributed by atoms with Gasteiger partial charge >= 0.3 is 0 Å². The lowest BCUT2D eigenvalue weighted by Gasteiger charge is -2.11. The van der Waals surface area contributed by atoms with E-state index in [2.05, 4.69) is 66.1 Å². The van der Waals surface area contributed by atoms with Gasteiger partial charge in [0.15, 0.2) is 0 Å². The molecule has 0 spiro atoms. The molecule has 1 aromatic carbocycles. The highest BCUT2D eigenvalue weighted by molar-refractivity contribution is 5.44. The van der Waals surface area contributed by atoms with Gasteiger partial charge in [0.05, 0.1) is 5.69 Å². The molecule has 0 saturated heterocycles.